The lowest BCUT2D eigenvalue weighted by atomic mass is 9.99. The highest BCUT2D eigenvalue weighted by atomic mass is 32.1. The van der Waals surface area contributed by atoms with Crippen LogP contribution in [0.25, 0.3) is 10.2 Å². The van der Waals surface area contributed by atoms with Gasteiger partial charge in [0.05, 0.1) is 29.9 Å². The number of terminal acetylenes is 1. The summed E-state index contributed by atoms with van der Waals surface area (Å²) in [6.45, 7) is 0.292. The van der Waals surface area contributed by atoms with E-state index in [9.17, 15) is 24.6 Å². The molecule has 2 aliphatic rings. The van der Waals surface area contributed by atoms with Crippen LogP contribution in [0.1, 0.15) is 16.7 Å². The van der Waals surface area contributed by atoms with Gasteiger partial charge in [-0.15, -0.1) is 6.42 Å². The first-order valence-corrected chi connectivity index (χ1v) is 15.1. The van der Waals surface area contributed by atoms with Crippen molar-refractivity contribution in [3.63, 3.8) is 0 Å². The highest BCUT2D eigenvalue weighted by molar-refractivity contribution is 7.22. The second kappa shape index (κ2) is 12.4. The molecule has 3 aromatic carbocycles. The molecule has 45 heavy (non-hydrogen) atoms. The molecule has 0 unspecified atom stereocenters. The van der Waals surface area contributed by atoms with Crippen LogP contribution in [-0.4, -0.2) is 84.7 Å². The third-order valence-corrected chi connectivity index (χ3v) is 8.84. The summed E-state index contributed by atoms with van der Waals surface area (Å²) < 4.78 is 0.889. The Bertz CT molecular complexity index is 1810. The molecular weight excluding hydrogens is 594 g/mol. The maximum absolute atomic E-state index is 14.1. The molecule has 0 saturated carbocycles. The number of fused-ring (bicyclic) bond motifs is 2. The summed E-state index contributed by atoms with van der Waals surface area (Å²) in [5.41, 5.74) is 8.92. The largest absolute Gasteiger partial charge is 0.504 e. The van der Waals surface area contributed by atoms with Gasteiger partial charge < -0.3 is 31.1 Å². The van der Waals surface area contributed by atoms with Crippen molar-refractivity contribution in [1.82, 2.24) is 30.1 Å². The Kier molecular flexibility index (Phi) is 8.16. The number of anilines is 1. The van der Waals surface area contributed by atoms with E-state index in [2.05, 4.69) is 16.2 Å². The molecule has 2 aliphatic heterocycles. The molecule has 6 rings (SSSR count). The molecule has 0 radical (unpaired) electrons. The quantitative estimate of drug-likeness (QED) is 0.172. The predicted octanol–water partition coefficient (Wildman–Crippen LogP) is 2.47. The molecule has 2 saturated heterocycles. The molecular formula is C32H31N7O5S. The van der Waals surface area contributed by atoms with Crippen molar-refractivity contribution in [2.75, 3.05) is 25.4 Å². The molecule has 5 N–H and O–H groups in total. The number of nitrogen functional groups attached to an aromatic ring is 1. The summed E-state index contributed by atoms with van der Waals surface area (Å²) in [6.07, 6.45) is 5.05. The Hall–Kier alpha value is -5.32. The van der Waals surface area contributed by atoms with E-state index < -0.39 is 18.2 Å². The molecule has 12 nitrogen and oxygen atoms in total. The number of nitrogens with one attached hydrogen (secondary N) is 1. The number of benzene rings is 3. The second-order valence-corrected chi connectivity index (χ2v) is 11.9. The summed E-state index contributed by atoms with van der Waals surface area (Å²) >= 11 is 1.35. The van der Waals surface area contributed by atoms with Crippen LogP contribution in [0.15, 0.2) is 66.7 Å². The summed E-state index contributed by atoms with van der Waals surface area (Å²) in [4.78, 5) is 48.9. The molecule has 1 aromatic heterocycles. The number of para-hydroxylation sites is 1. The summed E-state index contributed by atoms with van der Waals surface area (Å²) in [5.74, 6) is 1.26. The number of phenols is 2. The minimum Gasteiger partial charge on any atom is -0.504 e. The maximum atomic E-state index is 14.1. The number of nitrogens with two attached hydrogens (primary N) is 1. The lowest BCUT2D eigenvalue weighted by Gasteiger charge is -2.46. The average Bonchev–Trinajstić information content (AvgIpc) is 3.58. The van der Waals surface area contributed by atoms with Gasteiger partial charge in [-0.3, -0.25) is 9.59 Å². The standard InChI is InChI=1S/C32H31N7O5S/c1-2-13-37(32(44)34-16-20-7-4-3-5-8-20)38-19-28(42)39-23(14-21-11-12-24(40)25(41)15-21)30(43)36(18-27(38)39)17-22-9-6-10-26-29(22)35-31(33)45-26/h1,3-12,15,23,27,40-41H,13-14,16-19H2,(H2,33,35)(H,34,44)/t23-,27+/m0/s1. The van der Waals surface area contributed by atoms with Gasteiger partial charge in [0.1, 0.15) is 12.2 Å². The number of urea groups is 1. The highest BCUT2D eigenvalue weighted by Crippen LogP contribution is 2.33. The van der Waals surface area contributed by atoms with E-state index >= 15 is 0 Å². The number of carbonyl (C=O) groups excluding carboxylic acids is 3. The third kappa shape index (κ3) is 5.93. The van der Waals surface area contributed by atoms with Crippen LogP contribution in [-0.2, 0) is 29.1 Å². The molecule has 2 atom stereocenters. The number of amides is 4. The predicted molar refractivity (Wildman–Crippen MR) is 168 cm³/mol. The van der Waals surface area contributed by atoms with E-state index in [0.29, 0.717) is 16.2 Å². The van der Waals surface area contributed by atoms with Crippen LogP contribution in [0.4, 0.5) is 9.93 Å². The number of hydrazine groups is 1. The van der Waals surface area contributed by atoms with Gasteiger partial charge in [-0.05, 0) is 34.9 Å². The first-order valence-electron chi connectivity index (χ1n) is 14.3. The zero-order chi connectivity index (χ0) is 31.7. The topological polar surface area (TPSA) is 156 Å². The zero-order valence-electron chi connectivity index (χ0n) is 24.2. The van der Waals surface area contributed by atoms with Crippen LogP contribution in [0.2, 0.25) is 0 Å². The number of rotatable bonds is 8. The SMILES string of the molecule is C#CCN(C(=O)NCc1ccccc1)N1CC(=O)N2[C@@H](Cc3ccc(O)c(O)c3)C(=O)N(Cc3cccc4sc(N)nc34)C[C@@H]21. The Labute approximate surface area is 263 Å². The number of nitrogens with zero attached hydrogens (tertiary/aromatic N) is 5. The Morgan fingerprint density at radius 2 is 1.89 bits per heavy atom. The molecule has 230 valence electrons. The van der Waals surface area contributed by atoms with E-state index in [0.717, 1.165) is 15.8 Å². The molecule has 3 heterocycles. The Balaban J connectivity index is 1.33. The summed E-state index contributed by atoms with van der Waals surface area (Å²) in [6, 6.07) is 18.0. The molecule has 0 bridgehead atoms. The number of aromatic hydroxyl groups is 2. The fraction of sp³-hybridized carbons (Fsp3) is 0.250. The van der Waals surface area contributed by atoms with Gasteiger partial charge >= 0.3 is 6.03 Å². The van der Waals surface area contributed by atoms with Crippen molar-refractivity contribution in [1.29, 1.82) is 0 Å². The van der Waals surface area contributed by atoms with Gasteiger partial charge in [-0.2, -0.15) is 5.01 Å². The maximum Gasteiger partial charge on any atom is 0.333 e. The van der Waals surface area contributed by atoms with Crippen LogP contribution in [0, 0.1) is 12.3 Å². The average molecular weight is 626 g/mol. The lowest BCUT2D eigenvalue weighted by molar-refractivity contribution is -0.157. The number of thiazole rings is 1. The molecule has 13 heteroatoms. The number of carbonyl (C=O) groups is 3. The molecule has 2 fully saturated rings. The number of piperazine rings is 1. The lowest BCUT2D eigenvalue weighted by Crippen LogP contribution is -2.66. The van der Waals surface area contributed by atoms with Crippen molar-refractivity contribution in [3.8, 4) is 23.8 Å². The highest BCUT2D eigenvalue weighted by Gasteiger charge is 2.52. The van der Waals surface area contributed by atoms with E-state index in [1.165, 1.54) is 33.4 Å². The molecule has 4 amide bonds. The Morgan fingerprint density at radius 1 is 1.09 bits per heavy atom. The van der Waals surface area contributed by atoms with E-state index in [1.807, 2.05) is 48.5 Å². The van der Waals surface area contributed by atoms with Crippen LogP contribution in [0.3, 0.4) is 0 Å². The van der Waals surface area contributed by atoms with Crippen molar-refractivity contribution < 1.29 is 24.6 Å². The van der Waals surface area contributed by atoms with Crippen LogP contribution in [0.5, 0.6) is 11.5 Å². The van der Waals surface area contributed by atoms with Crippen LogP contribution >= 0.6 is 11.3 Å². The molecule has 0 spiro atoms. The van der Waals surface area contributed by atoms with Gasteiger partial charge in [0, 0.05) is 19.5 Å². The number of aromatic nitrogens is 1. The smallest absolute Gasteiger partial charge is 0.333 e. The zero-order valence-corrected chi connectivity index (χ0v) is 25.0. The fourth-order valence-corrected chi connectivity index (χ4v) is 6.68. The van der Waals surface area contributed by atoms with E-state index in [1.54, 1.807) is 16.0 Å². The van der Waals surface area contributed by atoms with Gasteiger partial charge in [0.25, 0.3) is 0 Å². The summed E-state index contributed by atoms with van der Waals surface area (Å²) in [5, 5.41) is 26.2. The van der Waals surface area contributed by atoms with Gasteiger partial charge in [0.2, 0.25) is 11.8 Å². The fourth-order valence-electron chi connectivity index (χ4n) is 5.90. The van der Waals surface area contributed by atoms with Gasteiger partial charge in [-0.25, -0.2) is 14.8 Å². The van der Waals surface area contributed by atoms with Gasteiger partial charge in [0.15, 0.2) is 16.6 Å². The van der Waals surface area contributed by atoms with Crippen molar-refractivity contribution in [3.05, 3.63) is 83.4 Å². The molecule has 4 aromatic rings. The van der Waals surface area contributed by atoms with Crippen molar-refractivity contribution >= 4 is 44.5 Å². The minimum atomic E-state index is -0.954. The third-order valence-electron chi connectivity index (χ3n) is 7.99. The first kappa shape index (κ1) is 29.7. The van der Waals surface area contributed by atoms with Crippen LogP contribution < -0.4 is 11.1 Å². The minimum absolute atomic E-state index is 0.0719. The van der Waals surface area contributed by atoms with E-state index in [4.69, 9.17) is 12.2 Å². The van der Waals surface area contributed by atoms with Crippen molar-refractivity contribution in [2.45, 2.75) is 31.7 Å². The van der Waals surface area contributed by atoms with Crippen molar-refractivity contribution in [2.24, 2.45) is 0 Å². The van der Waals surface area contributed by atoms with Gasteiger partial charge in [-0.1, -0.05) is 65.8 Å². The van der Waals surface area contributed by atoms with E-state index in [-0.39, 0.29) is 62.5 Å². The monoisotopic (exact) mass is 625 g/mol. The Morgan fingerprint density at radius 3 is 2.64 bits per heavy atom. The first-order chi connectivity index (χ1) is 21.7. The number of hydrogen-bond acceptors (Lipinski definition) is 9. The normalized spacial score (nSPS) is 18.2. The second-order valence-electron chi connectivity index (χ2n) is 10.9. The number of hydrogen-bond donors (Lipinski definition) is 4. The number of phenolic OH excluding ortho intramolecular Hbond substituents is 2. The molecule has 0 aliphatic carbocycles. The summed E-state index contributed by atoms with van der Waals surface area (Å²) in [7, 11) is 0.